The average molecular weight is 324 g/mol. The molecule has 1 aromatic carbocycles. The first kappa shape index (κ1) is 14.2. The van der Waals surface area contributed by atoms with E-state index in [9.17, 15) is 0 Å². The zero-order valence-corrected chi connectivity index (χ0v) is 14.3. The van der Waals surface area contributed by atoms with Gasteiger partial charge in [-0.3, -0.25) is 0 Å². The van der Waals surface area contributed by atoms with Gasteiger partial charge in [-0.05, 0) is 49.9 Å². The maximum atomic E-state index is 2.71. The average Bonchev–Trinajstić information content (AvgIpc) is 2.62. The summed E-state index contributed by atoms with van der Waals surface area (Å²) in [6.07, 6.45) is 12.1. The van der Waals surface area contributed by atoms with Crippen molar-refractivity contribution in [3.63, 3.8) is 0 Å². The highest BCUT2D eigenvalue weighted by Gasteiger charge is 2.39. The van der Waals surface area contributed by atoms with Gasteiger partial charge in [0, 0.05) is 18.0 Å². The molecule has 3 heteroatoms. The van der Waals surface area contributed by atoms with Crippen molar-refractivity contribution in [1.29, 1.82) is 0 Å². The van der Waals surface area contributed by atoms with Crippen molar-refractivity contribution in [1.82, 2.24) is 4.90 Å². The van der Waals surface area contributed by atoms with Crippen LogP contribution in [0.3, 0.4) is 0 Å². The predicted octanol–water partition coefficient (Wildman–Crippen LogP) is 3.80. The quantitative estimate of drug-likeness (QED) is 0.817. The van der Waals surface area contributed by atoms with Crippen molar-refractivity contribution < 1.29 is 0 Å². The molecule has 2 unspecified atom stereocenters. The Morgan fingerprint density at radius 3 is 2.70 bits per heavy atom. The fraction of sp³-hybridized carbons (Fsp3) is 0.500. The van der Waals surface area contributed by atoms with Gasteiger partial charge in [0.1, 0.15) is 0 Å². The van der Waals surface area contributed by atoms with Gasteiger partial charge in [0.2, 0.25) is 0 Å². The Kier molecular flexibility index (Phi) is 3.52. The van der Waals surface area contributed by atoms with Crippen LogP contribution < -0.4 is 4.90 Å². The van der Waals surface area contributed by atoms with E-state index in [1.165, 1.54) is 49.6 Å². The summed E-state index contributed by atoms with van der Waals surface area (Å²) in [5.41, 5.74) is 1.45. The largest absolute Gasteiger partial charge is 0.362 e. The molecule has 0 aromatic heterocycles. The summed E-state index contributed by atoms with van der Waals surface area (Å²) < 4.78 is 0. The molecule has 23 heavy (non-hydrogen) atoms. The molecule has 2 nitrogen and oxygen atoms in total. The zero-order chi connectivity index (χ0) is 15.2. The van der Waals surface area contributed by atoms with Crippen LogP contribution in [0.2, 0.25) is 0 Å². The van der Waals surface area contributed by atoms with Crippen LogP contribution in [-0.2, 0) is 0 Å². The Balaban J connectivity index is 1.47. The number of benzene rings is 1. The molecular weight excluding hydrogens is 300 g/mol. The summed E-state index contributed by atoms with van der Waals surface area (Å²) in [6, 6.07) is 9.53. The fourth-order valence-electron chi connectivity index (χ4n) is 4.83. The second kappa shape index (κ2) is 5.71. The number of nitrogens with zero attached hydrogens (tertiary/aromatic N) is 2. The molecule has 4 aliphatic heterocycles. The van der Waals surface area contributed by atoms with Crippen LogP contribution >= 0.6 is 11.8 Å². The molecule has 0 amide bonds. The van der Waals surface area contributed by atoms with E-state index in [1.807, 2.05) is 11.8 Å². The standard InChI is InChI=1S/C20H24N2S/c1-3-7-19-17(5-1)22(18-6-2-4-8-20(18)23-19)14-16-13-21-11-9-15(16)10-12-21/h1-8,15-17,19H,9-14H2/t16-,17?,19?/m1/s1. The molecule has 0 radical (unpaired) electrons. The van der Waals surface area contributed by atoms with Crippen molar-refractivity contribution >= 4 is 17.4 Å². The lowest BCUT2D eigenvalue weighted by molar-refractivity contribution is 0.0538. The first-order chi connectivity index (χ1) is 11.4. The second-order valence-corrected chi connectivity index (χ2v) is 8.58. The maximum Gasteiger partial charge on any atom is 0.0634 e. The minimum absolute atomic E-state index is 0.523. The smallest absolute Gasteiger partial charge is 0.0634 e. The van der Waals surface area contributed by atoms with Crippen molar-refractivity contribution in [2.45, 2.75) is 29.0 Å². The van der Waals surface area contributed by atoms with E-state index in [0.717, 1.165) is 11.8 Å². The van der Waals surface area contributed by atoms with E-state index in [0.29, 0.717) is 11.3 Å². The van der Waals surface area contributed by atoms with Gasteiger partial charge in [0.05, 0.1) is 17.0 Å². The Morgan fingerprint density at radius 1 is 1.04 bits per heavy atom. The van der Waals surface area contributed by atoms with Gasteiger partial charge >= 0.3 is 0 Å². The van der Waals surface area contributed by atoms with Crippen LogP contribution in [-0.4, -0.2) is 42.4 Å². The fourth-order valence-corrected chi connectivity index (χ4v) is 6.14. The molecule has 3 saturated heterocycles. The van der Waals surface area contributed by atoms with Gasteiger partial charge in [0.15, 0.2) is 0 Å². The molecule has 120 valence electrons. The lowest BCUT2D eigenvalue weighted by atomic mass is 9.78. The molecule has 5 aliphatic rings. The lowest BCUT2D eigenvalue weighted by Gasteiger charge is -2.49. The Labute approximate surface area is 143 Å². The highest BCUT2D eigenvalue weighted by Crippen LogP contribution is 2.45. The van der Waals surface area contributed by atoms with Crippen LogP contribution in [0.4, 0.5) is 5.69 Å². The molecule has 1 aliphatic carbocycles. The molecule has 1 aromatic rings. The third-order valence-electron chi connectivity index (χ3n) is 6.08. The monoisotopic (exact) mass is 324 g/mol. The van der Waals surface area contributed by atoms with Crippen LogP contribution in [0.15, 0.2) is 53.5 Å². The third kappa shape index (κ3) is 2.45. The van der Waals surface area contributed by atoms with E-state index >= 15 is 0 Å². The van der Waals surface area contributed by atoms with E-state index in [2.05, 4.69) is 58.4 Å². The van der Waals surface area contributed by atoms with E-state index in [-0.39, 0.29) is 0 Å². The molecule has 2 bridgehead atoms. The summed E-state index contributed by atoms with van der Waals surface area (Å²) in [7, 11) is 0. The highest BCUT2D eigenvalue weighted by atomic mass is 32.2. The minimum Gasteiger partial charge on any atom is -0.362 e. The summed E-state index contributed by atoms with van der Waals surface area (Å²) in [4.78, 5) is 6.85. The molecule has 0 N–H and O–H groups in total. The van der Waals surface area contributed by atoms with Gasteiger partial charge in [0.25, 0.3) is 0 Å². The number of hydrogen-bond donors (Lipinski definition) is 0. The SMILES string of the molecule is C1=CC2Sc3ccccc3N(C[C@H]3CN4CCC3CC4)C2C=C1. The van der Waals surface area contributed by atoms with E-state index in [1.54, 1.807) is 0 Å². The molecule has 6 rings (SSSR count). The van der Waals surface area contributed by atoms with Crippen molar-refractivity contribution in [3.8, 4) is 0 Å². The summed E-state index contributed by atoms with van der Waals surface area (Å²) in [5, 5.41) is 0.566. The van der Waals surface area contributed by atoms with Gasteiger partial charge in [-0.2, -0.15) is 0 Å². The Bertz CT molecular complexity index is 645. The lowest BCUT2D eigenvalue weighted by Crippen LogP contribution is -2.54. The molecule has 0 spiro atoms. The van der Waals surface area contributed by atoms with Crippen molar-refractivity contribution in [3.05, 3.63) is 48.6 Å². The Hall–Kier alpha value is -1.19. The molecule has 0 saturated carbocycles. The highest BCUT2D eigenvalue weighted by molar-refractivity contribution is 8.00. The van der Waals surface area contributed by atoms with Gasteiger partial charge in [-0.1, -0.05) is 36.4 Å². The summed E-state index contributed by atoms with van der Waals surface area (Å²) in [5.74, 6) is 1.79. The predicted molar refractivity (Wildman–Crippen MR) is 98.2 cm³/mol. The van der Waals surface area contributed by atoms with Crippen molar-refractivity contribution in [2.24, 2.45) is 11.8 Å². The number of piperidine rings is 3. The van der Waals surface area contributed by atoms with Gasteiger partial charge < -0.3 is 9.80 Å². The zero-order valence-electron chi connectivity index (χ0n) is 13.5. The van der Waals surface area contributed by atoms with Crippen LogP contribution in [0.25, 0.3) is 0 Å². The van der Waals surface area contributed by atoms with Crippen LogP contribution in [0, 0.1) is 11.8 Å². The van der Waals surface area contributed by atoms with Crippen LogP contribution in [0.5, 0.6) is 0 Å². The summed E-state index contributed by atoms with van der Waals surface area (Å²) in [6.45, 7) is 5.20. The van der Waals surface area contributed by atoms with Gasteiger partial charge in [-0.25, -0.2) is 0 Å². The number of fused-ring (bicyclic) bond motifs is 5. The number of thioether (sulfide) groups is 1. The summed E-state index contributed by atoms with van der Waals surface area (Å²) >= 11 is 2.03. The van der Waals surface area contributed by atoms with Crippen molar-refractivity contribution in [2.75, 3.05) is 31.1 Å². The number of allylic oxidation sites excluding steroid dienone is 2. The van der Waals surface area contributed by atoms with E-state index in [4.69, 9.17) is 0 Å². The maximum absolute atomic E-state index is 2.71. The number of hydrogen-bond acceptors (Lipinski definition) is 3. The molecule has 3 atom stereocenters. The number of anilines is 1. The van der Waals surface area contributed by atoms with Gasteiger partial charge in [-0.15, -0.1) is 11.8 Å². The van der Waals surface area contributed by atoms with Crippen LogP contribution in [0.1, 0.15) is 12.8 Å². The van der Waals surface area contributed by atoms with E-state index < -0.39 is 0 Å². The molecular formula is C20H24N2S. The second-order valence-electron chi connectivity index (χ2n) is 7.36. The molecule has 4 heterocycles. The topological polar surface area (TPSA) is 6.48 Å². The first-order valence-electron chi connectivity index (χ1n) is 8.98. The molecule has 3 fully saturated rings. The number of rotatable bonds is 2. The normalized spacial score (nSPS) is 37.6. The Morgan fingerprint density at radius 2 is 1.87 bits per heavy atom. The first-order valence-corrected chi connectivity index (χ1v) is 9.86. The number of para-hydroxylation sites is 1. The third-order valence-corrected chi connectivity index (χ3v) is 7.38. The minimum atomic E-state index is 0.523.